The highest BCUT2D eigenvalue weighted by Crippen LogP contribution is 2.61. The predicted octanol–water partition coefficient (Wildman–Crippen LogP) is 6.72. The summed E-state index contributed by atoms with van der Waals surface area (Å²) in [5.74, 6) is 2.18. The first-order chi connectivity index (χ1) is 18.4. The van der Waals surface area contributed by atoms with Gasteiger partial charge in [0, 0.05) is 12.2 Å². The number of carbonyl (C=O) groups is 2. The van der Waals surface area contributed by atoms with Crippen LogP contribution in [0.1, 0.15) is 72.9 Å². The van der Waals surface area contributed by atoms with Crippen molar-refractivity contribution in [1.82, 2.24) is 5.32 Å². The number of aryl methyl sites for hydroxylation is 1. The highest BCUT2D eigenvalue weighted by atomic mass is 32.2. The Bertz CT molecular complexity index is 1130. The van der Waals surface area contributed by atoms with E-state index in [0.29, 0.717) is 29.8 Å². The van der Waals surface area contributed by atoms with Crippen molar-refractivity contribution in [2.45, 2.75) is 70.9 Å². The van der Waals surface area contributed by atoms with Crippen LogP contribution >= 0.6 is 11.8 Å². The largest absolute Gasteiger partial charge is 0.480 e. The second-order valence-corrected chi connectivity index (χ2v) is 13.0. The summed E-state index contributed by atoms with van der Waals surface area (Å²) in [5, 5.41) is 12.4. The van der Waals surface area contributed by atoms with Gasteiger partial charge in [-0.3, -0.25) is 4.79 Å². The van der Waals surface area contributed by atoms with Crippen molar-refractivity contribution < 1.29 is 19.4 Å². The van der Waals surface area contributed by atoms with E-state index in [0.717, 1.165) is 53.0 Å². The third-order valence-electron chi connectivity index (χ3n) is 9.19. The minimum absolute atomic E-state index is 0.356. The van der Waals surface area contributed by atoms with E-state index in [-0.39, 0.29) is 5.91 Å². The SMILES string of the molecule is CSCC[C@H](NC(=O)c1ccc(COCCC23CC4CC(CC(C4)C2)C3)cc1-c1ccccc1C)C(=O)O. The zero-order valence-electron chi connectivity index (χ0n) is 22.7. The highest BCUT2D eigenvalue weighted by Gasteiger charge is 2.50. The lowest BCUT2D eigenvalue weighted by Crippen LogP contribution is -2.46. The molecule has 4 bridgehead atoms. The molecule has 0 saturated heterocycles. The second-order valence-electron chi connectivity index (χ2n) is 12.1. The van der Waals surface area contributed by atoms with Gasteiger partial charge in [-0.25, -0.2) is 4.79 Å². The first-order valence-corrected chi connectivity index (χ1v) is 15.5. The first-order valence-electron chi connectivity index (χ1n) is 14.1. The van der Waals surface area contributed by atoms with Gasteiger partial charge >= 0.3 is 5.97 Å². The number of rotatable bonds is 12. The molecule has 0 radical (unpaired) electrons. The summed E-state index contributed by atoms with van der Waals surface area (Å²) in [4.78, 5) is 25.0. The monoisotopic (exact) mass is 535 g/mol. The molecule has 1 amide bonds. The maximum absolute atomic E-state index is 13.3. The van der Waals surface area contributed by atoms with E-state index in [1.807, 2.05) is 55.6 Å². The van der Waals surface area contributed by atoms with Crippen LogP contribution in [0, 0.1) is 30.1 Å². The number of nitrogens with one attached hydrogen (secondary N) is 1. The van der Waals surface area contributed by atoms with Crippen molar-refractivity contribution >= 4 is 23.6 Å². The number of carbonyl (C=O) groups excluding carboxylic acids is 1. The number of ether oxygens (including phenoxy) is 1. The molecule has 4 saturated carbocycles. The Labute approximate surface area is 231 Å². The number of hydrogen-bond acceptors (Lipinski definition) is 4. The van der Waals surface area contributed by atoms with Gasteiger partial charge in [0.25, 0.3) is 5.91 Å². The summed E-state index contributed by atoms with van der Waals surface area (Å²) < 4.78 is 6.24. The van der Waals surface area contributed by atoms with Crippen LogP contribution in [0.15, 0.2) is 42.5 Å². The quantitative estimate of drug-likeness (QED) is 0.295. The Balaban J connectivity index is 1.28. The van der Waals surface area contributed by atoms with E-state index in [1.165, 1.54) is 38.5 Å². The number of benzene rings is 2. The Kier molecular flexibility index (Phi) is 8.49. The molecular formula is C32H41NO4S. The summed E-state index contributed by atoms with van der Waals surface area (Å²) in [6.07, 6.45) is 12.1. The van der Waals surface area contributed by atoms with Crippen molar-refractivity contribution in [3.05, 3.63) is 59.2 Å². The van der Waals surface area contributed by atoms with E-state index in [2.05, 4.69) is 5.32 Å². The van der Waals surface area contributed by atoms with Gasteiger partial charge in [-0.15, -0.1) is 0 Å². The van der Waals surface area contributed by atoms with Crippen molar-refractivity contribution in [2.24, 2.45) is 23.2 Å². The fourth-order valence-electron chi connectivity index (χ4n) is 7.78. The van der Waals surface area contributed by atoms with Gasteiger partial charge in [0.1, 0.15) is 6.04 Å². The number of aliphatic carboxylic acids is 1. The zero-order valence-corrected chi connectivity index (χ0v) is 23.5. The second kappa shape index (κ2) is 11.8. The summed E-state index contributed by atoms with van der Waals surface area (Å²) in [5.41, 5.74) is 4.90. The van der Waals surface area contributed by atoms with Gasteiger partial charge in [0.05, 0.1) is 6.61 Å². The molecule has 5 nitrogen and oxygen atoms in total. The first kappa shape index (κ1) is 27.3. The number of hydrogen-bond donors (Lipinski definition) is 2. The Morgan fingerprint density at radius 2 is 1.74 bits per heavy atom. The lowest BCUT2D eigenvalue weighted by Gasteiger charge is -2.57. The third-order valence-corrected chi connectivity index (χ3v) is 9.83. The van der Waals surface area contributed by atoms with Gasteiger partial charge in [0.15, 0.2) is 0 Å². The molecular weight excluding hydrogens is 494 g/mol. The Morgan fingerprint density at radius 3 is 2.37 bits per heavy atom. The van der Waals surface area contributed by atoms with E-state index in [1.54, 1.807) is 11.8 Å². The van der Waals surface area contributed by atoms with Crippen LogP contribution in [0.25, 0.3) is 11.1 Å². The minimum Gasteiger partial charge on any atom is -0.480 e. The van der Waals surface area contributed by atoms with Crippen LogP contribution < -0.4 is 5.32 Å². The van der Waals surface area contributed by atoms with Crippen LogP contribution in [0.5, 0.6) is 0 Å². The van der Waals surface area contributed by atoms with E-state index in [4.69, 9.17) is 4.74 Å². The van der Waals surface area contributed by atoms with Crippen LogP contribution in [0.3, 0.4) is 0 Å². The molecule has 204 valence electrons. The molecule has 4 aliphatic carbocycles. The lowest BCUT2D eigenvalue weighted by molar-refractivity contribution is -0.139. The van der Waals surface area contributed by atoms with Gasteiger partial charge in [-0.2, -0.15) is 11.8 Å². The van der Waals surface area contributed by atoms with E-state index in [9.17, 15) is 14.7 Å². The highest BCUT2D eigenvalue weighted by molar-refractivity contribution is 7.98. The molecule has 4 fully saturated rings. The fraction of sp³-hybridized carbons (Fsp3) is 0.562. The normalized spacial score (nSPS) is 26.3. The lowest BCUT2D eigenvalue weighted by atomic mass is 9.49. The molecule has 0 spiro atoms. The third kappa shape index (κ3) is 6.12. The fourth-order valence-corrected chi connectivity index (χ4v) is 8.25. The molecule has 2 N–H and O–H groups in total. The van der Waals surface area contributed by atoms with Gasteiger partial charge in [-0.05, 0) is 128 Å². The molecule has 6 heteroatoms. The smallest absolute Gasteiger partial charge is 0.326 e. The number of amides is 1. The molecule has 38 heavy (non-hydrogen) atoms. The number of carboxylic acids is 1. The maximum atomic E-state index is 13.3. The molecule has 0 unspecified atom stereocenters. The van der Waals surface area contributed by atoms with Crippen LogP contribution in [0.4, 0.5) is 0 Å². The maximum Gasteiger partial charge on any atom is 0.326 e. The molecule has 0 heterocycles. The Morgan fingerprint density at radius 1 is 1.05 bits per heavy atom. The minimum atomic E-state index is -1.01. The summed E-state index contributed by atoms with van der Waals surface area (Å²) in [7, 11) is 0. The molecule has 2 aromatic rings. The van der Waals surface area contributed by atoms with Crippen molar-refractivity contribution in [2.75, 3.05) is 18.6 Å². The van der Waals surface area contributed by atoms with E-state index < -0.39 is 12.0 Å². The molecule has 1 atom stereocenters. The molecule has 6 rings (SSSR count). The average molecular weight is 536 g/mol. The standard InChI is InChI=1S/C32H41NO4S/c1-21-5-3-4-6-26(21)28-16-22(7-8-27(28)30(34)33-29(31(35)36)9-12-38-2)20-37-11-10-32-17-23-13-24(18-32)15-25(14-23)19-32/h3-8,16,23-25,29H,9-15,17-20H2,1-2H3,(H,33,34)(H,35,36)/t23?,24?,25?,29-,32?/m0/s1. The predicted molar refractivity (Wildman–Crippen MR) is 153 cm³/mol. The van der Waals surface area contributed by atoms with Crippen LogP contribution in [-0.2, 0) is 16.1 Å². The molecule has 0 aromatic heterocycles. The van der Waals surface area contributed by atoms with Crippen LogP contribution in [-0.4, -0.2) is 41.6 Å². The topological polar surface area (TPSA) is 75.6 Å². The summed E-state index contributed by atoms with van der Waals surface area (Å²) in [6.45, 7) is 3.33. The van der Waals surface area contributed by atoms with Crippen molar-refractivity contribution in [1.29, 1.82) is 0 Å². The van der Waals surface area contributed by atoms with Crippen molar-refractivity contribution in [3.63, 3.8) is 0 Å². The molecule has 0 aliphatic heterocycles. The van der Waals surface area contributed by atoms with E-state index >= 15 is 0 Å². The van der Waals surface area contributed by atoms with Gasteiger partial charge < -0.3 is 15.2 Å². The van der Waals surface area contributed by atoms with Gasteiger partial charge in [0.2, 0.25) is 0 Å². The Hall–Kier alpha value is -2.31. The number of thioether (sulfide) groups is 1. The van der Waals surface area contributed by atoms with Crippen molar-refractivity contribution in [3.8, 4) is 11.1 Å². The van der Waals surface area contributed by atoms with Gasteiger partial charge in [-0.1, -0.05) is 30.3 Å². The molecule has 2 aromatic carbocycles. The average Bonchev–Trinajstić information content (AvgIpc) is 2.88. The zero-order chi connectivity index (χ0) is 26.7. The number of carboxylic acid groups (broad SMARTS) is 1. The molecule has 4 aliphatic rings. The summed E-state index contributed by atoms with van der Waals surface area (Å²) in [6, 6.07) is 12.9. The van der Waals surface area contributed by atoms with Crippen LogP contribution in [0.2, 0.25) is 0 Å². The summed E-state index contributed by atoms with van der Waals surface area (Å²) >= 11 is 1.57.